The van der Waals surface area contributed by atoms with Crippen LogP contribution in [0.4, 0.5) is 4.39 Å². The Morgan fingerprint density at radius 2 is 2.10 bits per heavy atom. The SMILES string of the molecule is CC(O)c1ccc(Br)cc1OCc1cc(F)ccc1C#N. The molecule has 1 atom stereocenters. The van der Waals surface area contributed by atoms with E-state index in [2.05, 4.69) is 15.9 Å². The average molecular weight is 350 g/mol. The number of rotatable bonds is 4. The van der Waals surface area contributed by atoms with Crippen molar-refractivity contribution in [2.75, 3.05) is 0 Å². The van der Waals surface area contributed by atoms with Gasteiger partial charge in [-0.25, -0.2) is 4.39 Å². The summed E-state index contributed by atoms with van der Waals surface area (Å²) in [5.74, 6) is 0.0742. The van der Waals surface area contributed by atoms with Crippen LogP contribution >= 0.6 is 15.9 Å². The zero-order valence-electron chi connectivity index (χ0n) is 11.3. The summed E-state index contributed by atoms with van der Waals surface area (Å²) in [4.78, 5) is 0. The molecule has 5 heteroatoms. The molecule has 0 saturated carbocycles. The predicted octanol–water partition coefficient (Wildman–Crippen LogP) is 4.09. The van der Waals surface area contributed by atoms with Gasteiger partial charge >= 0.3 is 0 Å². The van der Waals surface area contributed by atoms with Gasteiger partial charge in [0, 0.05) is 15.6 Å². The molecule has 108 valence electrons. The van der Waals surface area contributed by atoms with E-state index in [1.807, 2.05) is 6.07 Å². The van der Waals surface area contributed by atoms with Gasteiger partial charge < -0.3 is 9.84 Å². The smallest absolute Gasteiger partial charge is 0.126 e. The van der Waals surface area contributed by atoms with Crippen LogP contribution in [0, 0.1) is 17.1 Å². The first-order valence-electron chi connectivity index (χ1n) is 6.30. The van der Waals surface area contributed by atoms with Gasteiger partial charge in [-0.3, -0.25) is 0 Å². The maximum atomic E-state index is 13.3. The first kappa shape index (κ1) is 15.5. The molecule has 3 nitrogen and oxygen atoms in total. The number of benzene rings is 2. The van der Waals surface area contributed by atoms with Crippen molar-refractivity contribution in [3.05, 3.63) is 63.4 Å². The van der Waals surface area contributed by atoms with Crippen molar-refractivity contribution in [1.82, 2.24) is 0 Å². The zero-order valence-corrected chi connectivity index (χ0v) is 12.9. The van der Waals surface area contributed by atoms with Crippen LogP contribution in [0.15, 0.2) is 40.9 Å². The van der Waals surface area contributed by atoms with E-state index in [1.165, 1.54) is 18.2 Å². The predicted molar refractivity (Wildman–Crippen MR) is 80.2 cm³/mol. The van der Waals surface area contributed by atoms with Crippen LogP contribution in [-0.4, -0.2) is 5.11 Å². The number of aliphatic hydroxyl groups excluding tert-OH is 1. The molecule has 0 fully saturated rings. The standard InChI is InChI=1S/C16H13BrFNO2/c1-10(20)15-5-3-13(17)7-16(15)21-9-12-6-14(18)4-2-11(12)8-19/h2-7,10,20H,9H2,1H3. The minimum absolute atomic E-state index is 0.0524. The molecule has 0 saturated heterocycles. The lowest BCUT2D eigenvalue weighted by Crippen LogP contribution is -2.03. The number of nitrogens with zero attached hydrogens (tertiary/aromatic N) is 1. The number of hydrogen-bond donors (Lipinski definition) is 1. The number of aliphatic hydroxyl groups is 1. The van der Waals surface area contributed by atoms with Gasteiger partial charge in [0.15, 0.2) is 0 Å². The molecule has 2 aromatic rings. The van der Waals surface area contributed by atoms with E-state index in [0.29, 0.717) is 22.4 Å². The summed E-state index contributed by atoms with van der Waals surface area (Å²) < 4.78 is 19.7. The van der Waals surface area contributed by atoms with Crippen LogP contribution in [0.1, 0.15) is 29.7 Å². The Balaban J connectivity index is 2.26. The molecule has 0 amide bonds. The lowest BCUT2D eigenvalue weighted by atomic mass is 10.1. The topological polar surface area (TPSA) is 53.2 Å². The molecule has 0 aliphatic rings. The van der Waals surface area contributed by atoms with Crippen molar-refractivity contribution < 1.29 is 14.2 Å². The van der Waals surface area contributed by atoms with Crippen LogP contribution in [0.5, 0.6) is 5.75 Å². The second-order valence-corrected chi connectivity index (χ2v) is 5.48. The van der Waals surface area contributed by atoms with Crippen LogP contribution in [-0.2, 0) is 6.61 Å². The molecular weight excluding hydrogens is 337 g/mol. The van der Waals surface area contributed by atoms with Crippen LogP contribution < -0.4 is 4.74 Å². The number of hydrogen-bond acceptors (Lipinski definition) is 3. The summed E-state index contributed by atoms with van der Waals surface area (Å²) in [6.07, 6.45) is -0.684. The van der Waals surface area contributed by atoms with Gasteiger partial charge in [-0.2, -0.15) is 5.26 Å². The lowest BCUT2D eigenvalue weighted by Gasteiger charge is -2.14. The third-order valence-corrected chi connectivity index (χ3v) is 3.49. The van der Waals surface area contributed by atoms with Crippen LogP contribution in [0.2, 0.25) is 0 Å². The number of halogens is 2. The Bertz CT molecular complexity index is 695. The summed E-state index contributed by atoms with van der Waals surface area (Å²) in [6.45, 7) is 1.69. The summed E-state index contributed by atoms with van der Waals surface area (Å²) in [7, 11) is 0. The van der Waals surface area contributed by atoms with Crippen molar-refractivity contribution >= 4 is 15.9 Å². The Morgan fingerprint density at radius 3 is 2.76 bits per heavy atom. The molecular formula is C16H13BrFNO2. The van der Waals surface area contributed by atoms with Gasteiger partial charge in [-0.05, 0) is 37.3 Å². The number of nitriles is 1. The largest absolute Gasteiger partial charge is 0.488 e. The van der Waals surface area contributed by atoms with Gasteiger partial charge in [0.05, 0.1) is 17.7 Å². The molecule has 0 aliphatic carbocycles. The van der Waals surface area contributed by atoms with E-state index in [1.54, 1.807) is 25.1 Å². The van der Waals surface area contributed by atoms with Crippen molar-refractivity contribution in [2.24, 2.45) is 0 Å². The van der Waals surface area contributed by atoms with E-state index in [9.17, 15) is 9.50 Å². The fourth-order valence-electron chi connectivity index (χ4n) is 1.92. The molecule has 2 rings (SSSR count). The summed E-state index contributed by atoms with van der Waals surface area (Å²) in [5, 5.41) is 18.7. The first-order chi connectivity index (χ1) is 10.0. The van der Waals surface area contributed by atoms with Crippen molar-refractivity contribution in [2.45, 2.75) is 19.6 Å². The van der Waals surface area contributed by atoms with Gasteiger partial charge in [0.2, 0.25) is 0 Å². The molecule has 1 unspecified atom stereocenters. The Hall–Kier alpha value is -1.90. The second kappa shape index (κ2) is 6.70. The van der Waals surface area contributed by atoms with E-state index in [4.69, 9.17) is 10.00 Å². The van der Waals surface area contributed by atoms with E-state index < -0.39 is 11.9 Å². The quantitative estimate of drug-likeness (QED) is 0.904. The molecule has 0 bridgehead atoms. The van der Waals surface area contributed by atoms with Gasteiger partial charge in [-0.1, -0.05) is 22.0 Å². The molecule has 0 spiro atoms. The van der Waals surface area contributed by atoms with Crippen molar-refractivity contribution in [3.8, 4) is 11.8 Å². The maximum Gasteiger partial charge on any atom is 0.126 e. The highest BCUT2D eigenvalue weighted by molar-refractivity contribution is 9.10. The van der Waals surface area contributed by atoms with Crippen molar-refractivity contribution in [3.63, 3.8) is 0 Å². The molecule has 21 heavy (non-hydrogen) atoms. The highest BCUT2D eigenvalue weighted by Crippen LogP contribution is 2.29. The van der Waals surface area contributed by atoms with Crippen molar-refractivity contribution in [1.29, 1.82) is 5.26 Å². The highest BCUT2D eigenvalue weighted by Gasteiger charge is 2.11. The third-order valence-electron chi connectivity index (χ3n) is 3.00. The third kappa shape index (κ3) is 3.81. The molecule has 1 N–H and O–H groups in total. The molecule has 0 radical (unpaired) electrons. The fourth-order valence-corrected chi connectivity index (χ4v) is 2.26. The number of ether oxygens (including phenoxy) is 1. The summed E-state index contributed by atoms with van der Waals surface area (Å²) >= 11 is 3.34. The van der Waals surface area contributed by atoms with Gasteiger partial charge in [0.1, 0.15) is 18.2 Å². The average Bonchev–Trinajstić information content (AvgIpc) is 2.45. The molecule has 0 heterocycles. The van der Waals surface area contributed by atoms with Gasteiger partial charge in [-0.15, -0.1) is 0 Å². The Morgan fingerprint density at radius 1 is 1.33 bits per heavy atom. The van der Waals surface area contributed by atoms with Crippen LogP contribution in [0.25, 0.3) is 0 Å². The normalized spacial score (nSPS) is 11.8. The van der Waals surface area contributed by atoms with Gasteiger partial charge in [0.25, 0.3) is 0 Å². The highest BCUT2D eigenvalue weighted by atomic mass is 79.9. The Kier molecular flexibility index (Phi) is 4.94. The fraction of sp³-hybridized carbons (Fsp3) is 0.188. The maximum absolute atomic E-state index is 13.3. The molecule has 0 aliphatic heterocycles. The molecule has 2 aromatic carbocycles. The minimum atomic E-state index is -0.684. The summed E-state index contributed by atoms with van der Waals surface area (Å²) in [5.41, 5.74) is 1.46. The first-order valence-corrected chi connectivity index (χ1v) is 7.09. The molecule has 0 aromatic heterocycles. The zero-order chi connectivity index (χ0) is 15.4. The van der Waals surface area contributed by atoms with E-state index >= 15 is 0 Å². The second-order valence-electron chi connectivity index (χ2n) is 4.56. The van der Waals surface area contributed by atoms with Crippen LogP contribution in [0.3, 0.4) is 0 Å². The lowest BCUT2D eigenvalue weighted by molar-refractivity contribution is 0.190. The Labute approximate surface area is 130 Å². The monoisotopic (exact) mass is 349 g/mol. The minimum Gasteiger partial charge on any atom is -0.488 e. The van der Waals surface area contributed by atoms with E-state index in [0.717, 1.165) is 4.47 Å². The van der Waals surface area contributed by atoms with E-state index in [-0.39, 0.29) is 6.61 Å². The summed E-state index contributed by atoms with van der Waals surface area (Å²) in [6, 6.07) is 11.2.